The van der Waals surface area contributed by atoms with E-state index >= 15 is 0 Å². The molecule has 0 atom stereocenters. The van der Waals surface area contributed by atoms with Crippen LogP contribution in [0.5, 0.6) is 0 Å². The van der Waals surface area contributed by atoms with Crippen LogP contribution in [-0.2, 0) is 16.6 Å². The summed E-state index contributed by atoms with van der Waals surface area (Å²) < 4.78 is 29.2. The fourth-order valence-electron chi connectivity index (χ4n) is 4.49. The summed E-state index contributed by atoms with van der Waals surface area (Å²) in [6, 6.07) is 24.8. The molecule has 2 aromatic heterocycles. The summed E-state index contributed by atoms with van der Waals surface area (Å²) in [6.07, 6.45) is 1.69. The molecule has 2 heterocycles. The predicted octanol–water partition coefficient (Wildman–Crippen LogP) is 6.37. The lowest BCUT2D eigenvalue weighted by atomic mass is 10.1. The highest BCUT2D eigenvalue weighted by molar-refractivity contribution is 7.92. The third-order valence-electron chi connectivity index (χ3n) is 6.36. The first-order valence-corrected chi connectivity index (χ1v) is 14.8. The average molecular weight is 557 g/mol. The SMILES string of the molecule is CCN(c1ccccc1)S(=O)(=O)c1ccc(C(=O)N(Cc2ccccn2)c2nc3c(C)cc(C)cc3s2)cc1. The maximum Gasteiger partial charge on any atom is 0.264 e. The summed E-state index contributed by atoms with van der Waals surface area (Å²) in [7, 11) is -3.81. The van der Waals surface area contributed by atoms with E-state index in [1.807, 2.05) is 38.1 Å². The van der Waals surface area contributed by atoms with Gasteiger partial charge in [-0.2, -0.15) is 0 Å². The first-order valence-electron chi connectivity index (χ1n) is 12.6. The number of sulfonamides is 1. The largest absolute Gasteiger partial charge is 0.278 e. The number of rotatable bonds is 8. The van der Waals surface area contributed by atoms with E-state index in [1.54, 1.807) is 54.4 Å². The van der Waals surface area contributed by atoms with Crippen molar-refractivity contribution in [1.82, 2.24) is 9.97 Å². The second kappa shape index (κ2) is 11.0. The minimum absolute atomic E-state index is 0.118. The van der Waals surface area contributed by atoms with Crippen molar-refractivity contribution >= 4 is 48.3 Å². The van der Waals surface area contributed by atoms with Crippen LogP contribution in [0.15, 0.2) is 96.0 Å². The van der Waals surface area contributed by atoms with Crippen LogP contribution in [0.25, 0.3) is 10.2 Å². The lowest BCUT2D eigenvalue weighted by Gasteiger charge is -2.23. The Kier molecular flexibility index (Phi) is 7.45. The molecule has 0 aliphatic heterocycles. The van der Waals surface area contributed by atoms with Crippen LogP contribution in [0.1, 0.15) is 34.1 Å². The van der Waals surface area contributed by atoms with Crippen LogP contribution in [0.4, 0.5) is 10.8 Å². The zero-order valence-corrected chi connectivity index (χ0v) is 23.5. The number of hydrogen-bond acceptors (Lipinski definition) is 6. The second-order valence-electron chi connectivity index (χ2n) is 9.17. The molecule has 0 spiro atoms. The molecule has 0 aliphatic carbocycles. The van der Waals surface area contributed by atoms with Crippen molar-refractivity contribution in [1.29, 1.82) is 0 Å². The number of carbonyl (C=O) groups is 1. The van der Waals surface area contributed by atoms with Crippen LogP contribution < -0.4 is 9.21 Å². The number of nitrogens with zero attached hydrogens (tertiary/aromatic N) is 4. The number of thiazole rings is 1. The Balaban J connectivity index is 1.50. The molecule has 7 nitrogen and oxygen atoms in total. The first kappa shape index (κ1) is 26.5. The third kappa shape index (κ3) is 5.41. The lowest BCUT2D eigenvalue weighted by molar-refractivity contribution is 0.0984. The van der Waals surface area contributed by atoms with Gasteiger partial charge in [0.15, 0.2) is 5.13 Å². The van der Waals surface area contributed by atoms with Crippen LogP contribution >= 0.6 is 11.3 Å². The molecule has 0 aliphatic rings. The van der Waals surface area contributed by atoms with Gasteiger partial charge >= 0.3 is 0 Å². The summed E-state index contributed by atoms with van der Waals surface area (Å²) >= 11 is 1.45. The van der Waals surface area contributed by atoms with E-state index < -0.39 is 10.0 Å². The van der Waals surface area contributed by atoms with Gasteiger partial charge in [0.2, 0.25) is 0 Å². The number of aromatic nitrogens is 2. The molecule has 39 heavy (non-hydrogen) atoms. The summed E-state index contributed by atoms with van der Waals surface area (Å²) in [4.78, 5) is 24.8. The molecule has 1 amide bonds. The average Bonchev–Trinajstić information content (AvgIpc) is 3.37. The number of hydrogen-bond donors (Lipinski definition) is 0. The quantitative estimate of drug-likeness (QED) is 0.222. The molecule has 3 aromatic carbocycles. The van der Waals surface area contributed by atoms with Gasteiger partial charge in [-0.3, -0.25) is 19.0 Å². The molecule has 0 bridgehead atoms. The minimum Gasteiger partial charge on any atom is -0.278 e. The number of carbonyl (C=O) groups excluding carboxylic acids is 1. The van der Waals surface area contributed by atoms with Crippen LogP contribution in [0, 0.1) is 13.8 Å². The van der Waals surface area contributed by atoms with Crippen LogP contribution in [-0.4, -0.2) is 30.8 Å². The van der Waals surface area contributed by atoms with Gasteiger partial charge in [0, 0.05) is 18.3 Å². The van der Waals surface area contributed by atoms with Crippen molar-refractivity contribution in [3.05, 3.63) is 114 Å². The molecule has 5 rings (SSSR count). The number of anilines is 2. The Hall–Kier alpha value is -4.08. The van der Waals surface area contributed by atoms with E-state index in [-0.39, 0.29) is 23.9 Å². The van der Waals surface area contributed by atoms with Gasteiger partial charge in [-0.05, 0) is 86.5 Å². The number of pyridine rings is 1. The molecule has 0 radical (unpaired) electrons. The van der Waals surface area contributed by atoms with Gasteiger partial charge < -0.3 is 0 Å². The molecule has 198 valence electrons. The normalized spacial score (nSPS) is 11.5. The zero-order chi connectivity index (χ0) is 27.6. The molecular weight excluding hydrogens is 528 g/mol. The van der Waals surface area contributed by atoms with Crippen molar-refractivity contribution in [2.24, 2.45) is 0 Å². The van der Waals surface area contributed by atoms with Crippen molar-refractivity contribution in [2.75, 3.05) is 15.7 Å². The Morgan fingerprint density at radius 2 is 1.64 bits per heavy atom. The van der Waals surface area contributed by atoms with Gasteiger partial charge in [-0.15, -0.1) is 0 Å². The lowest BCUT2D eigenvalue weighted by Crippen LogP contribution is -2.32. The molecular formula is C30H28N4O3S2. The maximum absolute atomic E-state index is 13.9. The smallest absolute Gasteiger partial charge is 0.264 e. The van der Waals surface area contributed by atoms with Gasteiger partial charge in [-0.25, -0.2) is 13.4 Å². The predicted molar refractivity (Wildman–Crippen MR) is 157 cm³/mol. The fraction of sp³-hybridized carbons (Fsp3) is 0.167. The van der Waals surface area contributed by atoms with Crippen LogP contribution in [0.3, 0.4) is 0 Å². The zero-order valence-electron chi connectivity index (χ0n) is 21.9. The van der Waals surface area contributed by atoms with E-state index in [9.17, 15) is 13.2 Å². The fourth-order valence-corrected chi connectivity index (χ4v) is 7.11. The van der Waals surface area contributed by atoms with E-state index in [4.69, 9.17) is 4.98 Å². The number of aryl methyl sites for hydroxylation is 2. The molecule has 0 N–H and O–H groups in total. The summed E-state index contributed by atoms with van der Waals surface area (Å²) in [6.45, 7) is 6.35. The van der Waals surface area contributed by atoms with Crippen molar-refractivity contribution in [3.8, 4) is 0 Å². The van der Waals surface area contributed by atoms with Gasteiger partial charge in [-0.1, -0.05) is 41.7 Å². The molecule has 9 heteroatoms. The molecule has 0 saturated carbocycles. The Morgan fingerprint density at radius 1 is 0.923 bits per heavy atom. The van der Waals surface area contributed by atoms with E-state index in [0.717, 1.165) is 27.0 Å². The highest BCUT2D eigenvalue weighted by atomic mass is 32.2. The Labute approximate surface area is 232 Å². The monoisotopic (exact) mass is 556 g/mol. The number of para-hydroxylation sites is 1. The maximum atomic E-state index is 13.9. The van der Waals surface area contributed by atoms with E-state index in [1.165, 1.54) is 27.8 Å². The molecule has 0 unspecified atom stereocenters. The molecule has 0 fully saturated rings. The highest BCUT2D eigenvalue weighted by Crippen LogP contribution is 2.33. The van der Waals surface area contributed by atoms with Crippen molar-refractivity contribution < 1.29 is 13.2 Å². The van der Waals surface area contributed by atoms with E-state index in [0.29, 0.717) is 16.4 Å². The minimum atomic E-state index is -3.81. The number of benzene rings is 3. The summed E-state index contributed by atoms with van der Waals surface area (Å²) in [5.74, 6) is -0.284. The summed E-state index contributed by atoms with van der Waals surface area (Å²) in [5, 5.41) is 0.562. The molecule has 5 aromatic rings. The number of fused-ring (bicyclic) bond motifs is 1. The third-order valence-corrected chi connectivity index (χ3v) is 9.30. The van der Waals surface area contributed by atoms with Crippen molar-refractivity contribution in [3.63, 3.8) is 0 Å². The first-order chi connectivity index (χ1) is 18.8. The topological polar surface area (TPSA) is 83.5 Å². The van der Waals surface area contributed by atoms with Gasteiger partial charge in [0.05, 0.1) is 33.0 Å². The Bertz CT molecular complexity index is 1720. The second-order valence-corrected chi connectivity index (χ2v) is 12.0. The Morgan fingerprint density at radius 3 is 2.31 bits per heavy atom. The van der Waals surface area contributed by atoms with Crippen LogP contribution in [0.2, 0.25) is 0 Å². The standard InChI is InChI=1S/C30H28N4O3S2/c1-4-34(25-11-6-5-7-12-25)39(36,37)26-15-13-23(14-16-26)29(35)33(20-24-10-8-9-17-31-24)30-32-28-22(3)18-21(2)19-27(28)38-30/h5-19H,4,20H2,1-3H3. The highest BCUT2D eigenvalue weighted by Gasteiger charge is 2.26. The van der Waals surface area contributed by atoms with Crippen molar-refractivity contribution in [2.45, 2.75) is 32.2 Å². The van der Waals surface area contributed by atoms with Gasteiger partial charge in [0.1, 0.15) is 0 Å². The van der Waals surface area contributed by atoms with Gasteiger partial charge in [0.25, 0.3) is 15.9 Å². The van der Waals surface area contributed by atoms with E-state index in [2.05, 4.69) is 17.1 Å². The number of amides is 1. The molecule has 0 saturated heterocycles. The summed E-state index contributed by atoms with van der Waals surface area (Å²) in [5.41, 5.74) is 4.71.